The van der Waals surface area contributed by atoms with E-state index in [1.54, 1.807) is 0 Å². The van der Waals surface area contributed by atoms with Crippen LogP contribution in [-0.2, 0) is 4.74 Å². The van der Waals surface area contributed by atoms with Gasteiger partial charge in [-0.05, 0) is 13.1 Å². The van der Waals surface area contributed by atoms with Gasteiger partial charge in [0.25, 0.3) is 0 Å². The second kappa shape index (κ2) is 8.17. The van der Waals surface area contributed by atoms with Gasteiger partial charge in [0.05, 0.1) is 12.4 Å². The zero-order valence-electron chi connectivity index (χ0n) is 11.7. The molecule has 1 aliphatic rings. The molecule has 106 valence electrons. The first-order valence-corrected chi connectivity index (χ1v) is 6.18. The van der Waals surface area contributed by atoms with E-state index >= 15 is 0 Å². The summed E-state index contributed by atoms with van der Waals surface area (Å²) in [5.74, 6) is -0.119. The van der Waals surface area contributed by atoms with E-state index in [2.05, 4.69) is 4.90 Å². The number of hydrogen-bond acceptors (Lipinski definition) is 3. The summed E-state index contributed by atoms with van der Waals surface area (Å²) >= 11 is 0. The van der Waals surface area contributed by atoms with Crippen LogP contribution in [0.2, 0.25) is 0 Å². The Morgan fingerprint density at radius 3 is 2.70 bits per heavy atom. The maximum absolute atomic E-state index is 12.8. The van der Waals surface area contributed by atoms with Crippen molar-refractivity contribution in [3.8, 4) is 5.75 Å². The fraction of sp³-hybridized carbons (Fsp3) is 0.500. The van der Waals surface area contributed by atoms with E-state index in [0.717, 1.165) is 12.6 Å². The molecule has 0 aliphatic carbocycles. The van der Waals surface area contributed by atoms with E-state index < -0.39 is 12.4 Å². The van der Waals surface area contributed by atoms with Gasteiger partial charge in [-0.3, -0.25) is 0 Å². The summed E-state index contributed by atoms with van der Waals surface area (Å²) < 4.78 is 49.2. The van der Waals surface area contributed by atoms with Crippen molar-refractivity contribution in [2.45, 2.75) is 6.10 Å². The Bertz CT molecular complexity index is 433. The van der Waals surface area contributed by atoms with Gasteiger partial charge in [0.15, 0.2) is 0 Å². The maximum atomic E-state index is 12.8. The average Bonchev–Trinajstić information content (AvgIpc) is 2.36. The van der Waals surface area contributed by atoms with Gasteiger partial charge in [0, 0.05) is 13.1 Å². The molecule has 1 unspecified atom stereocenters. The van der Waals surface area contributed by atoms with Crippen LogP contribution in [0.25, 0.3) is 0 Å². The summed E-state index contributed by atoms with van der Waals surface area (Å²) in [5, 5.41) is 0. The quantitative estimate of drug-likeness (QED) is 0.629. The smallest absolute Gasteiger partial charge is 0.494 e. The summed E-state index contributed by atoms with van der Waals surface area (Å²) in [6, 6.07) is 5.29. The minimum absolute atomic E-state index is 0. The van der Waals surface area contributed by atoms with Crippen LogP contribution in [0.5, 0.6) is 5.75 Å². The number of benzene rings is 1. The number of nitrogens with zero attached hydrogens (tertiary/aromatic N) is 1. The van der Waals surface area contributed by atoms with E-state index in [-0.39, 0.29) is 69.8 Å². The Hall–Kier alpha value is 0.431. The van der Waals surface area contributed by atoms with Crippen molar-refractivity contribution in [1.82, 2.24) is 4.90 Å². The molecule has 0 aromatic heterocycles. The number of ether oxygens (including phenoxy) is 2. The predicted molar refractivity (Wildman–Crippen MR) is 67.9 cm³/mol. The van der Waals surface area contributed by atoms with Crippen molar-refractivity contribution in [3.63, 3.8) is 0 Å². The number of rotatable bonds is 4. The fourth-order valence-corrected chi connectivity index (χ4v) is 2.03. The van der Waals surface area contributed by atoms with Crippen LogP contribution in [0, 0.1) is 0 Å². The van der Waals surface area contributed by atoms with E-state index in [9.17, 15) is 12.9 Å². The maximum Gasteiger partial charge on any atom is 1.00 e. The van der Waals surface area contributed by atoms with E-state index in [1.165, 1.54) is 18.2 Å². The summed E-state index contributed by atoms with van der Waals surface area (Å²) in [5.41, 5.74) is -0.688. The Kier molecular flexibility index (Phi) is 7.55. The minimum atomic E-state index is -5.06. The van der Waals surface area contributed by atoms with Crippen molar-refractivity contribution < 1.29 is 73.8 Å². The third-order valence-corrected chi connectivity index (χ3v) is 3.04. The van der Waals surface area contributed by atoms with Gasteiger partial charge in [-0.15, -0.1) is 0 Å². The van der Waals surface area contributed by atoms with E-state index in [0.29, 0.717) is 13.2 Å². The van der Waals surface area contributed by atoms with Crippen molar-refractivity contribution >= 4 is 12.4 Å². The molecular weight excluding hydrogens is 297 g/mol. The molecular formula is C12H16BF3KNO2. The first kappa shape index (κ1) is 18.5. The standard InChI is InChI=1S/C12H16BF3NO2.K/c1-17-6-7-18-10(8-17)9-19-12-5-3-2-4-11(12)13(14,15)16;/h2-5,10H,6-9H2,1H3;/q-1;+1. The molecule has 1 aromatic carbocycles. The number of morpholine rings is 1. The fourth-order valence-electron chi connectivity index (χ4n) is 2.03. The van der Waals surface area contributed by atoms with Crippen LogP contribution < -0.4 is 61.6 Å². The van der Waals surface area contributed by atoms with Crippen molar-refractivity contribution in [2.75, 3.05) is 33.4 Å². The van der Waals surface area contributed by atoms with Gasteiger partial charge in [-0.25, -0.2) is 0 Å². The third kappa shape index (κ3) is 5.32. The number of para-hydroxylation sites is 1. The Balaban J connectivity index is 0.00000200. The molecule has 1 aliphatic heterocycles. The average molecular weight is 313 g/mol. The zero-order valence-corrected chi connectivity index (χ0v) is 14.8. The van der Waals surface area contributed by atoms with Crippen LogP contribution >= 0.6 is 0 Å². The molecule has 0 saturated carbocycles. The molecule has 0 N–H and O–H groups in total. The Labute approximate surface area is 159 Å². The summed E-state index contributed by atoms with van der Waals surface area (Å²) in [6.45, 7) is -2.85. The summed E-state index contributed by atoms with van der Waals surface area (Å²) in [4.78, 5) is 2.07. The number of halogens is 3. The molecule has 1 fully saturated rings. The zero-order chi connectivity index (χ0) is 13.9. The molecule has 0 amide bonds. The molecule has 0 radical (unpaired) electrons. The first-order valence-electron chi connectivity index (χ1n) is 6.18. The van der Waals surface area contributed by atoms with Crippen molar-refractivity contribution in [1.29, 1.82) is 0 Å². The molecule has 3 nitrogen and oxygen atoms in total. The van der Waals surface area contributed by atoms with Crippen LogP contribution in [0.1, 0.15) is 0 Å². The Morgan fingerprint density at radius 1 is 1.35 bits per heavy atom. The van der Waals surface area contributed by atoms with E-state index in [1.807, 2.05) is 7.05 Å². The van der Waals surface area contributed by atoms with Gasteiger partial charge in [-0.1, -0.05) is 23.7 Å². The van der Waals surface area contributed by atoms with Gasteiger partial charge < -0.3 is 27.3 Å². The molecule has 1 atom stereocenters. The second-order valence-corrected chi connectivity index (χ2v) is 4.68. The molecule has 1 heterocycles. The van der Waals surface area contributed by atoms with Crippen molar-refractivity contribution in [2.24, 2.45) is 0 Å². The Morgan fingerprint density at radius 2 is 2.05 bits per heavy atom. The monoisotopic (exact) mass is 313 g/mol. The first-order chi connectivity index (χ1) is 8.97. The molecule has 1 aromatic rings. The molecule has 8 heteroatoms. The van der Waals surface area contributed by atoms with Gasteiger partial charge in [-0.2, -0.15) is 0 Å². The van der Waals surface area contributed by atoms with Crippen LogP contribution in [0.15, 0.2) is 24.3 Å². The molecule has 2 rings (SSSR count). The molecule has 0 bridgehead atoms. The summed E-state index contributed by atoms with van der Waals surface area (Å²) in [6.07, 6.45) is -0.187. The number of hydrogen-bond donors (Lipinski definition) is 0. The number of likely N-dealkylation sites (N-methyl/N-ethyl adjacent to an activating group) is 1. The van der Waals surface area contributed by atoms with Gasteiger partial charge in [0.1, 0.15) is 12.7 Å². The van der Waals surface area contributed by atoms with Gasteiger partial charge >= 0.3 is 58.4 Å². The van der Waals surface area contributed by atoms with Crippen LogP contribution in [-0.4, -0.2) is 51.3 Å². The SMILES string of the molecule is CN1CCOC(COc2ccccc2[B-](F)(F)F)C1.[K+]. The summed E-state index contributed by atoms with van der Waals surface area (Å²) in [7, 11) is 1.95. The predicted octanol–water partition coefficient (Wildman–Crippen LogP) is -1.55. The van der Waals surface area contributed by atoms with Crippen molar-refractivity contribution in [3.05, 3.63) is 24.3 Å². The van der Waals surface area contributed by atoms with Crippen LogP contribution in [0.3, 0.4) is 0 Å². The topological polar surface area (TPSA) is 21.7 Å². The largest absolute Gasteiger partial charge is 1.00 e. The van der Waals surface area contributed by atoms with Gasteiger partial charge in [0.2, 0.25) is 0 Å². The normalized spacial score (nSPS) is 20.3. The molecule has 0 spiro atoms. The second-order valence-electron chi connectivity index (χ2n) is 4.68. The third-order valence-electron chi connectivity index (χ3n) is 3.04. The van der Waals surface area contributed by atoms with E-state index in [4.69, 9.17) is 9.47 Å². The molecule has 20 heavy (non-hydrogen) atoms. The van der Waals surface area contributed by atoms with Crippen LogP contribution in [0.4, 0.5) is 12.9 Å². The molecule has 1 saturated heterocycles. The minimum Gasteiger partial charge on any atom is -0.494 e.